The molecule has 5 rings (SSSR count). The van der Waals surface area contributed by atoms with Crippen LogP contribution >= 0.6 is 0 Å². The number of esters is 2. The molecule has 1 saturated heterocycles. The average molecular weight is 639 g/mol. The highest BCUT2D eigenvalue weighted by Gasteiger charge is 2.47. The maximum Gasteiger partial charge on any atom is 0.338 e. The van der Waals surface area contributed by atoms with Gasteiger partial charge in [0.1, 0.15) is 18.8 Å². The topological polar surface area (TPSA) is 105 Å². The third kappa shape index (κ3) is 8.25. The van der Waals surface area contributed by atoms with Crippen LogP contribution in [0.1, 0.15) is 32.7 Å². The van der Waals surface area contributed by atoms with E-state index in [0.717, 1.165) is 11.0 Å². The van der Waals surface area contributed by atoms with E-state index in [1.54, 1.807) is 84.9 Å². The van der Waals surface area contributed by atoms with Crippen LogP contribution in [0, 0.1) is 0 Å². The van der Waals surface area contributed by atoms with Gasteiger partial charge in [0.05, 0.1) is 28.7 Å². The molecule has 0 spiro atoms. The maximum atomic E-state index is 13.6. The van der Waals surface area contributed by atoms with E-state index in [-0.39, 0.29) is 30.1 Å². The van der Waals surface area contributed by atoms with Crippen molar-refractivity contribution in [1.82, 2.24) is 0 Å². The molecule has 0 saturated carbocycles. The van der Waals surface area contributed by atoms with Crippen molar-refractivity contribution in [3.63, 3.8) is 0 Å². The molecule has 1 aliphatic rings. The Kier molecular flexibility index (Phi) is 10.9. The van der Waals surface area contributed by atoms with Crippen LogP contribution in [0.3, 0.4) is 0 Å². The van der Waals surface area contributed by atoms with Gasteiger partial charge in [-0.25, -0.2) is 18.0 Å². The molecule has 46 heavy (non-hydrogen) atoms. The number of benzene rings is 4. The monoisotopic (exact) mass is 638 g/mol. The first kappa shape index (κ1) is 32.6. The standard InChI is InChI=1S/C37H34O8S/c1-2-15-32-31(26-46(40,41)30-22-13-6-14-23-30)34(42-24-27-16-7-3-8-17-27)35(44-32)33(45-37(39)29-20-11-5-12-21-29)25-43-36(38)28-18-9-4-10-19-28/h2-14,16-23,26,32-35H,1,15,24-25H2/b31-26+/t32-,33?,34+,35+/m0/s1. The van der Waals surface area contributed by atoms with Crippen molar-refractivity contribution >= 4 is 21.8 Å². The van der Waals surface area contributed by atoms with Gasteiger partial charge >= 0.3 is 11.9 Å². The van der Waals surface area contributed by atoms with Gasteiger partial charge in [0.2, 0.25) is 0 Å². The van der Waals surface area contributed by atoms with E-state index >= 15 is 0 Å². The normalized spacial score (nSPS) is 19.3. The van der Waals surface area contributed by atoms with Crippen LogP contribution in [-0.2, 0) is 35.4 Å². The van der Waals surface area contributed by atoms with Crippen LogP contribution in [-0.4, -0.2) is 51.4 Å². The first-order valence-corrected chi connectivity index (χ1v) is 16.3. The minimum Gasteiger partial charge on any atom is -0.458 e. The molecule has 0 amide bonds. The van der Waals surface area contributed by atoms with Gasteiger partial charge in [-0.1, -0.05) is 91.0 Å². The minimum atomic E-state index is -3.94. The molecule has 0 aromatic heterocycles. The summed E-state index contributed by atoms with van der Waals surface area (Å²) in [5, 5.41) is 1.16. The van der Waals surface area contributed by atoms with Crippen molar-refractivity contribution < 1.29 is 37.0 Å². The Labute approximate surface area is 268 Å². The number of hydrogen-bond acceptors (Lipinski definition) is 8. The van der Waals surface area contributed by atoms with Crippen LogP contribution < -0.4 is 0 Å². The summed E-state index contributed by atoms with van der Waals surface area (Å²) < 4.78 is 51.6. The number of carbonyl (C=O) groups excluding carboxylic acids is 2. The van der Waals surface area contributed by atoms with Crippen molar-refractivity contribution in [2.24, 2.45) is 0 Å². The molecule has 0 radical (unpaired) electrons. The lowest BCUT2D eigenvalue weighted by atomic mass is 10.00. The Morgan fingerprint density at radius 1 is 0.783 bits per heavy atom. The quantitative estimate of drug-likeness (QED) is 0.123. The second-order valence-corrected chi connectivity index (χ2v) is 12.4. The summed E-state index contributed by atoms with van der Waals surface area (Å²) in [5.74, 6) is -1.28. The van der Waals surface area contributed by atoms with Crippen LogP contribution in [0.5, 0.6) is 0 Å². The third-order valence-electron chi connectivity index (χ3n) is 7.36. The lowest BCUT2D eigenvalue weighted by molar-refractivity contribution is -0.106. The van der Waals surface area contributed by atoms with Gasteiger partial charge in [-0.05, 0) is 48.4 Å². The van der Waals surface area contributed by atoms with E-state index in [2.05, 4.69) is 6.58 Å². The van der Waals surface area contributed by atoms with E-state index in [4.69, 9.17) is 18.9 Å². The predicted octanol–water partition coefficient (Wildman–Crippen LogP) is 6.36. The maximum absolute atomic E-state index is 13.6. The Morgan fingerprint density at radius 2 is 1.33 bits per heavy atom. The molecular weight excluding hydrogens is 604 g/mol. The zero-order valence-electron chi connectivity index (χ0n) is 25.0. The molecule has 9 heteroatoms. The van der Waals surface area contributed by atoms with Gasteiger partial charge in [-0.15, -0.1) is 6.58 Å². The van der Waals surface area contributed by atoms with E-state index in [1.807, 2.05) is 30.3 Å². The molecule has 0 N–H and O–H groups in total. The molecule has 1 aliphatic heterocycles. The minimum absolute atomic E-state index is 0.106. The van der Waals surface area contributed by atoms with Crippen molar-refractivity contribution in [3.8, 4) is 0 Å². The molecule has 1 heterocycles. The molecule has 4 atom stereocenters. The molecule has 0 bridgehead atoms. The van der Waals surface area contributed by atoms with Crippen LogP contribution in [0.15, 0.2) is 150 Å². The summed E-state index contributed by atoms with van der Waals surface area (Å²) in [6.45, 7) is 3.57. The summed E-state index contributed by atoms with van der Waals surface area (Å²) in [5.41, 5.74) is 1.78. The fourth-order valence-corrected chi connectivity index (χ4v) is 6.40. The summed E-state index contributed by atoms with van der Waals surface area (Å²) in [7, 11) is -3.94. The van der Waals surface area contributed by atoms with E-state index in [1.165, 1.54) is 12.1 Å². The van der Waals surface area contributed by atoms with Crippen molar-refractivity contribution in [2.75, 3.05) is 6.61 Å². The molecule has 8 nitrogen and oxygen atoms in total. The third-order valence-corrected chi connectivity index (χ3v) is 8.87. The summed E-state index contributed by atoms with van der Waals surface area (Å²) in [6.07, 6.45) is -2.11. The number of hydrogen-bond donors (Lipinski definition) is 0. The largest absolute Gasteiger partial charge is 0.458 e. The second-order valence-electron chi connectivity index (χ2n) is 10.6. The van der Waals surface area contributed by atoms with Gasteiger partial charge in [0.15, 0.2) is 15.9 Å². The van der Waals surface area contributed by atoms with Crippen LogP contribution in [0.25, 0.3) is 0 Å². The smallest absolute Gasteiger partial charge is 0.338 e. The van der Waals surface area contributed by atoms with Crippen molar-refractivity contribution in [2.45, 2.75) is 42.3 Å². The summed E-state index contributed by atoms with van der Waals surface area (Å²) >= 11 is 0. The SMILES string of the molecule is C=CC[C@@H]1O[C@H](C(COC(=O)c2ccccc2)OC(=O)c2ccccc2)[C@H](OCc2ccccc2)/C1=C/S(=O)(=O)c1ccccc1. The molecule has 0 aliphatic carbocycles. The molecule has 4 aromatic carbocycles. The molecule has 1 unspecified atom stereocenters. The highest BCUT2D eigenvalue weighted by Crippen LogP contribution is 2.36. The van der Waals surface area contributed by atoms with Gasteiger partial charge in [-0.3, -0.25) is 0 Å². The van der Waals surface area contributed by atoms with Gasteiger partial charge in [0.25, 0.3) is 0 Å². The van der Waals surface area contributed by atoms with E-state index in [9.17, 15) is 18.0 Å². The number of rotatable bonds is 13. The number of sulfone groups is 1. The fraction of sp³-hybridized carbons (Fsp3) is 0.189. The van der Waals surface area contributed by atoms with Gasteiger partial charge in [0, 0.05) is 11.0 Å². The molecule has 4 aromatic rings. The summed E-state index contributed by atoms with van der Waals surface area (Å²) in [6, 6.07) is 34.2. The highest BCUT2D eigenvalue weighted by atomic mass is 32.2. The first-order valence-electron chi connectivity index (χ1n) is 14.8. The van der Waals surface area contributed by atoms with Crippen LogP contribution in [0.4, 0.5) is 0 Å². The number of ether oxygens (including phenoxy) is 4. The zero-order chi connectivity index (χ0) is 32.4. The Bertz CT molecular complexity index is 1740. The van der Waals surface area contributed by atoms with Crippen molar-refractivity contribution in [3.05, 3.63) is 162 Å². The first-order chi connectivity index (χ1) is 22.4. The Morgan fingerprint density at radius 3 is 1.91 bits per heavy atom. The lowest BCUT2D eigenvalue weighted by Crippen LogP contribution is -2.43. The zero-order valence-corrected chi connectivity index (χ0v) is 25.8. The lowest BCUT2D eigenvalue weighted by Gasteiger charge is -2.28. The van der Waals surface area contributed by atoms with Crippen molar-refractivity contribution in [1.29, 1.82) is 0 Å². The average Bonchev–Trinajstić information content (AvgIpc) is 3.42. The van der Waals surface area contributed by atoms with Gasteiger partial charge < -0.3 is 18.9 Å². The van der Waals surface area contributed by atoms with E-state index < -0.39 is 46.2 Å². The van der Waals surface area contributed by atoms with Crippen LogP contribution in [0.2, 0.25) is 0 Å². The molecule has 236 valence electrons. The van der Waals surface area contributed by atoms with E-state index in [0.29, 0.717) is 11.1 Å². The fourth-order valence-electron chi connectivity index (χ4n) is 5.08. The van der Waals surface area contributed by atoms with Gasteiger partial charge in [-0.2, -0.15) is 0 Å². The summed E-state index contributed by atoms with van der Waals surface area (Å²) in [4.78, 5) is 26.4. The highest BCUT2D eigenvalue weighted by molar-refractivity contribution is 7.94. The number of carbonyl (C=O) groups is 2. The second kappa shape index (κ2) is 15.4. The Balaban J connectivity index is 1.53. The predicted molar refractivity (Wildman–Crippen MR) is 173 cm³/mol. The molecule has 1 fully saturated rings. The Hall–Kier alpha value is -4.83. The molecular formula is C37H34O8S.